The zero-order chi connectivity index (χ0) is 13.7. The van der Waals surface area contributed by atoms with E-state index in [1.165, 1.54) is 6.42 Å². The first-order chi connectivity index (χ1) is 9.18. The fourth-order valence-corrected chi connectivity index (χ4v) is 2.16. The maximum absolute atomic E-state index is 12.0. The van der Waals surface area contributed by atoms with Gasteiger partial charge in [0.2, 0.25) is 5.91 Å². The number of hydrogen-bond acceptors (Lipinski definition) is 4. The quantitative estimate of drug-likeness (QED) is 0.832. The summed E-state index contributed by atoms with van der Waals surface area (Å²) in [4.78, 5) is 29.1. The Morgan fingerprint density at radius 1 is 1.32 bits per heavy atom. The first kappa shape index (κ1) is 13.3. The van der Waals surface area contributed by atoms with Crippen molar-refractivity contribution in [3.05, 3.63) is 23.9 Å². The number of aromatic nitrogens is 1. The van der Waals surface area contributed by atoms with Crippen LogP contribution in [0.15, 0.2) is 18.3 Å². The molecule has 0 aliphatic carbocycles. The minimum absolute atomic E-state index is 0.0285. The number of carbonyl (C=O) groups is 2. The SMILES string of the molecule is NC(=O)c1cccnc1NCC(=O)N1CCCCC1. The number of pyridine rings is 1. The van der Waals surface area contributed by atoms with E-state index in [0.717, 1.165) is 25.9 Å². The second-order valence-electron chi connectivity index (χ2n) is 4.56. The Kier molecular flexibility index (Phi) is 4.33. The summed E-state index contributed by atoms with van der Waals surface area (Å²) in [6.45, 7) is 1.76. The summed E-state index contributed by atoms with van der Waals surface area (Å²) in [7, 11) is 0. The highest BCUT2D eigenvalue weighted by Crippen LogP contribution is 2.12. The third-order valence-corrected chi connectivity index (χ3v) is 3.19. The van der Waals surface area contributed by atoms with Crippen molar-refractivity contribution in [3.8, 4) is 0 Å². The zero-order valence-corrected chi connectivity index (χ0v) is 10.8. The first-order valence-corrected chi connectivity index (χ1v) is 6.45. The summed E-state index contributed by atoms with van der Waals surface area (Å²) in [5, 5.41) is 2.89. The van der Waals surface area contributed by atoms with Crippen LogP contribution >= 0.6 is 0 Å². The van der Waals surface area contributed by atoms with Crippen molar-refractivity contribution in [2.24, 2.45) is 5.73 Å². The number of nitrogens with two attached hydrogens (primary N) is 1. The Bertz CT molecular complexity index is 469. The minimum Gasteiger partial charge on any atom is -0.365 e. The normalized spacial score (nSPS) is 15.1. The maximum atomic E-state index is 12.0. The number of likely N-dealkylation sites (tertiary alicyclic amines) is 1. The van der Waals surface area contributed by atoms with Crippen molar-refractivity contribution in [3.63, 3.8) is 0 Å². The van der Waals surface area contributed by atoms with Gasteiger partial charge >= 0.3 is 0 Å². The van der Waals surface area contributed by atoms with Gasteiger partial charge in [-0.05, 0) is 31.4 Å². The number of carbonyl (C=O) groups excluding carboxylic acids is 2. The lowest BCUT2D eigenvalue weighted by atomic mass is 10.1. The first-order valence-electron chi connectivity index (χ1n) is 6.45. The highest BCUT2D eigenvalue weighted by molar-refractivity contribution is 5.97. The van der Waals surface area contributed by atoms with Gasteiger partial charge in [-0.3, -0.25) is 9.59 Å². The number of amides is 2. The molecule has 3 N–H and O–H groups in total. The predicted octanol–water partition coefficient (Wildman–Crippen LogP) is 0.605. The molecule has 1 saturated heterocycles. The van der Waals surface area contributed by atoms with Crippen molar-refractivity contribution in [2.45, 2.75) is 19.3 Å². The molecular formula is C13H18N4O2. The van der Waals surface area contributed by atoms with Gasteiger partial charge in [0.1, 0.15) is 5.82 Å². The number of primary amides is 1. The summed E-state index contributed by atoms with van der Waals surface area (Å²) < 4.78 is 0. The second-order valence-corrected chi connectivity index (χ2v) is 4.56. The average molecular weight is 262 g/mol. The van der Waals surface area contributed by atoms with Crippen LogP contribution in [0.2, 0.25) is 0 Å². The Morgan fingerprint density at radius 3 is 2.74 bits per heavy atom. The van der Waals surface area contributed by atoms with E-state index in [2.05, 4.69) is 10.3 Å². The molecule has 1 aliphatic heterocycles. The Morgan fingerprint density at radius 2 is 2.05 bits per heavy atom. The number of rotatable bonds is 4. The van der Waals surface area contributed by atoms with Gasteiger partial charge < -0.3 is 16.0 Å². The van der Waals surface area contributed by atoms with Crippen molar-refractivity contribution in [2.75, 3.05) is 25.0 Å². The van der Waals surface area contributed by atoms with Crippen LogP contribution in [0.1, 0.15) is 29.6 Å². The van der Waals surface area contributed by atoms with Crippen LogP contribution in [0.4, 0.5) is 5.82 Å². The number of nitrogens with zero attached hydrogens (tertiary/aromatic N) is 2. The topological polar surface area (TPSA) is 88.3 Å². The van der Waals surface area contributed by atoms with Gasteiger partial charge in [-0.2, -0.15) is 0 Å². The van der Waals surface area contributed by atoms with Crippen molar-refractivity contribution in [1.29, 1.82) is 0 Å². The van der Waals surface area contributed by atoms with Crippen LogP contribution < -0.4 is 11.1 Å². The molecule has 0 atom stereocenters. The number of piperidine rings is 1. The molecule has 0 aromatic carbocycles. The molecule has 2 amide bonds. The van der Waals surface area contributed by atoms with Crippen LogP contribution in [-0.2, 0) is 4.79 Å². The van der Waals surface area contributed by atoms with E-state index in [1.54, 1.807) is 18.3 Å². The molecule has 2 heterocycles. The molecule has 0 bridgehead atoms. The van der Waals surface area contributed by atoms with Crippen molar-refractivity contribution < 1.29 is 9.59 Å². The highest BCUT2D eigenvalue weighted by Gasteiger charge is 2.17. The van der Waals surface area contributed by atoms with E-state index in [1.807, 2.05) is 4.90 Å². The lowest BCUT2D eigenvalue weighted by Gasteiger charge is -2.26. The van der Waals surface area contributed by atoms with E-state index in [9.17, 15) is 9.59 Å². The van der Waals surface area contributed by atoms with Gasteiger partial charge in [-0.1, -0.05) is 0 Å². The molecule has 1 aromatic rings. The average Bonchev–Trinajstić information content (AvgIpc) is 2.46. The molecule has 6 nitrogen and oxygen atoms in total. The summed E-state index contributed by atoms with van der Waals surface area (Å²) in [5.41, 5.74) is 5.55. The molecule has 1 fully saturated rings. The number of hydrogen-bond donors (Lipinski definition) is 2. The van der Waals surface area contributed by atoms with E-state index in [-0.39, 0.29) is 12.5 Å². The zero-order valence-electron chi connectivity index (χ0n) is 10.8. The second kappa shape index (κ2) is 6.17. The summed E-state index contributed by atoms with van der Waals surface area (Å²) in [6.07, 6.45) is 4.85. The summed E-state index contributed by atoms with van der Waals surface area (Å²) >= 11 is 0. The van der Waals surface area contributed by atoms with Gasteiger partial charge in [0.25, 0.3) is 5.91 Å². The third-order valence-electron chi connectivity index (χ3n) is 3.19. The molecule has 2 rings (SSSR count). The Balaban J connectivity index is 1.94. The molecule has 0 saturated carbocycles. The lowest BCUT2D eigenvalue weighted by molar-refractivity contribution is -0.130. The third kappa shape index (κ3) is 3.43. The maximum Gasteiger partial charge on any atom is 0.252 e. The van der Waals surface area contributed by atoms with Gasteiger partial charge in [0.15, 0.2) is 0 Å². The molecule has 19 heavy (non-hydrogen) atoms. The van der Waals surface area contributed by atoms with Crippen molar-refractivity contribution >= 4 is 17.6 Å². The summed E-state index contributed by atoms with van der Waals surface area (Å²) in [5.74, 6) is -0.165. The van der Waals surface area contributed by atoms with Gasteiger partial charge in [-0.25, -0.2) is 4.98 Å². The molecule has 0 unspecified atom stereocenters. The Labute approximate surface area is 112 Å². The van der Waals surface area contributed by atoms with Gasteiger partial charge in [-0.15, -0.1) is 0 Å². The molecule has 102 valence electrons. The molecule has 1 aliphatic rings. The van der Waals surface area contributed by atoms with E-state index >= 15 is 0 Å². The molecule has 0 radical (unpaired) electrons. The lowest BCUT2D eigenvalue weighted by Crippen LogP contribution is -2.39. The van der Waals surface area contributed by atoms with Gasteiger partial charge in [0, 0.05) is 19.3 Å². The van der Waals surface area contributed by atoms with Crippen LogP contribution in [0.25, 0.3) is 0 Å². The van der Waals surface area contributed by atoms with Crippen LogP contribution in [0.3, 0.4) is 0 Å². The standard InChI is InChI=1S/C13H18N4O2/c14-12(19)10-5-4-6-15-13(10)16-9-11(18)17-7-2-1-3-8-17/h4-6H,1-3,7-9H2,(H2,14,19)(H,15,16). The largest absolute Gasteiger partial charge is 0.365 e. The van der Waals surface area contributed by atoms with Crippen LogP contribution in [0, 0.1) is 0 Å². The smallest absolute Gasteiger partial charge is 0.252 e. The fourth-order valence-electron chi connectivity index (χ4n) is 2.16. The van der Waals surface area contributed by atoms with Crippen LogP contribution in [0.5, 0.6) is 0 Å². The fraction of sp³-hybridized carbons (Fsp3) is 0.462. The number of nitrogens with one attached hydrogen (secondary N) is 1. The predicted molar refractivity (Wildman–Crippen MR) is 71.7 cm³/mol. The van der Waals surface area contributed by atoms with Crippen LogP contribution in [-0.4, -0.2) is 41.3 Å². The molecule has 6 heteroatoms. The van der Waals surface area contributed by atoms with E-state index < -0.39 is 5.91 Å². The molecule has 0 spiro atoms. The molecular weight excluding hydrogens is 244 g/mol. The summed E-state index contributed by atoms with van der Waals surface area (Å²) in [6, 6.07) is 3.22. The van der Waals surface area contributed by atoms with E-state index in [4.69, 9.17) is 5.73 Å². The number of anilines is 1. The highest BCUT2D eigenvalue weighted by atomic mass is 16.2. The van der Waals surface area contributed by atoms with Crippen molar-refractivity contribution in [1.82, 2.24) is 9.88 Å². The molecule has 1 aromatic heterocycles. The Hall–Kier alpha value is -2.11. The van der Waals surface area contributed by atoms with E-state index in [0.29, 0.717) is 11.4 Å². The van der Waals surface area contributed by atoms with Gasteiger partial charge in [0.05, 0.1) is 12.1 Å². The minimum atomic E-state index is -0.555. The monoisotopic (exact) mass is 262 g/mol.